The van der Waals surface area contributed by atoms with Crippen molar-refractivity contribution in [3.63, 3.8) is 0 Å². The Kier molecular flexibility index (Phi) is 3.64. The second-order valence-electron chi connectivity index (χ2n) is 2.49. The monoisotopic (exact) mass is 173 g/mol. The van der Waals surface area contributed by atoms with Crippen LogP contribution in [0.25, 0.3) is 6.08 Å². The van der Waals surface area contributed by atoms with E-state index in [1.807, 2.05) is 25.1 Å². The third-order valence-electron chi connectivity index (χ3n) is 1.44. The number of carbonyl (C=O) groups is 1. The number of hydrogen-bond acceptors (Lipinski definition) is 2. The maximum Gasteiger partial charge on any atom is 0.178 e. The van der Waals surface area contributed by atoms with Crippen LogP contribution in [0.15, 0.2) is 42.6 Å². The first-order valence-corrected chi connectivity index (χ1v) is 4.08. The normalized spacial score (nSPS) is 11.2. The topological polar surface area (TPSA) is 30.0 Å². The first-order valence-electron chi connectivity index (χ1n) is 4.08. The number of carbonyl (C=O) groups excluding carboxylic acids is 1. The molecule has 0 radical (unpaired) electrons. The molecular formula is C11H11NO. The van der Waals surface area contributed by atoms with Crippen LogP contribution in [0, 0.1) is 0 Å². The smallest absolute Gasteiger partial charge is 0.178 e. The second-order valence-corrected chi connectivity index (χ2v) is 2.49. The van der Waals surface area contributed by atoms with E-state index in [0.29, 0.717) is 0 Å². The molecule has 0 aliphatic heterocycles. The Hall–Kier alpha value is -1.70. The zero-order valence-electron chi connectivity index (χ0n) is 7.47. The van der Waals surface area contributed by atoms with Gasteiger partial charge >= 0.3 is 0 Å². The Morgan fingerprint density at radius 1 is 1.38 bits per heavy atom. The van der Waals surface area contributed by atoms with E-state index in [9.17, 15) is 4.79 Å². The summed E-state index contributed by atoms with van der Waals surface area (Å²) >= 11 is 0. The summed E-state index contributed by atoms with van der Waals surface area (Å²) in [6.07, 6.45) is 8.12. The molecule has 2 nitrogen and oxygen atoms in total. The molecule has 2 heteroatoms. The molecule has 0 amide bonds. The van der Waals surface area contributed by atoms with Gasteiger partial charge in [-0.05, 0) is 37.3 Å². The van der Waals surface area contributed by atoms with Gasteiger partial charge in [0, 0.05) is 6.20 Å². The Balaban J connectivity index is 2.64. The highest BCUT2D eigenvalue weighted by molar-refractivity contribution is 6.01. The van der Waals surface area contributed by atoms with Crippen molar-refractivity contribution < 1.29 is 4.79 Å². The lowest BCUT2D eigenvalue weighted by Gasteiger charge is -1.88. The van der Waals surface area contributed by atoms with Crippen molar-refractivity contribution in [3.05, 3.63) is 48.3 Å². The Morgan fingerprint density at radius 2 is 2.23 bits per heavy atom. The molecule has 0 saturated carbocycles. The van der Waals surface area contributed by atoms with E-state index in [0.717, 1.165) is 5.69 Å². The predicted octanol–water partition coefficient (Wildman–Crippen LogP) is 2.24. The summed E-state index contributed by atoms with van der Waals surface area (Å²) in [7, 11) is 0. The van der Waals surface area contributed by atoms with Crippen LogP contribution < -0.4 is 0 Å². The summed E-state index contributed by atoms with van der Waals surface area (Å²) in [5, 5.41) is 0. The van der Waals surface area contributed by atoms with E-state index < -0.39 is 0 Å². The van der Waals surface area contributed by atoms with Crippen molar-refractivity contribution in [3.8, 4) is 0 Å². The molecule has 0 fully saturated rings. The first-order chi connectivity index (χ1) is 6.33. The molecule has 0 atom stereocenters. The second kappa shape index (κ2) is 5.04. The first kappa shape index (κ1) is 9.39. The van der Waals surface area contributed by atoms with Gasteiger partial charge in [0.25, 0.3) is 0 Å². The number of ketones is 1. The van der Waals surface area contributed by atoms with Crippen molar-refractivity contribution in [1.82, 2.24) is 4.98 Å². The van der Waals surface area contributed by atoms with Crippen LogP contribution in [0.2, 0.25) is 0 Å². The van der Waals surface area contributed by atoms with Crippen molar-refractivity contribution in [2.75, 3.05) is 0 Å². The van der Waals surface area contributed by atoms with Gasteiger partial charge in [0.15, 0.2) is 5.78 Å². The molecule has 0 aliphatic rings. The van der Waals surface area contributed by atoms with Crippen molar-refractivity contribution in [2.45, 2.75) is 6.92 Å². The molecule has 66 valence electrons. The average Bonchev–Trinajstić information content (AvgIpc) is 2.17. The Labute approximate surface area is 77.6 Å². The van der Waals surface area contributed by atoms with Crippen LogP contribution in [-0.2, 0) is 4.79 Å². The summed E-state index contributed by atoms with van der Waals surface area (Å²) in [6.45, 7) is 1.81. The minimum absolute atomic E-state index is 0.0202. The van der Waals surface area contributed by atoms with E-state index in [2.05, 4.69) is 4.98 Å². The minimum Gasteiger partial charge on any atom is -0.290 e. The van der Waals surface area contributed by atoms with Crippen LogP contribution in [0.1, 0.15) is 12.6 Å². The highest BCUT2D eigenvalue weighted by atomic mass is 16.1. The maximum atomic E-state index is 11.0. The van der Waals surface area contributed by atoms with Gasteiger partial charge < -0.3 is 0 Å². The number of nitrogens with zero attached hydrogens (tertiary/aromatic N) is 1. The van der Waals surface area contributed by atoms with E-state index in [-0.39, 0.29) is 5.78 Å². The Bertz CT molecular complexity index is 325. The van der Waals surface area contributed by atoms with E-state index in [1.54, 1.807) is 18.3 Å². The summed E-state index contributed by atoms with van der Waals surface area (Å²) < 4.78 is 0. The molecule has 0 N–H and O–H groups in total. The van der Waals surface area contributed by atoms with Crippen LogP contribution >= 0.6 is 0 Å². The molecule has 0 unspecified atom stereocenters. The highest BCUT2D eigenvalue weighted by Crippen LogP contribution is 1.96. The van der Waals surface area contributed by atoms with Crippen molar-refractivity contribution >= 4 is 11.9 Å². The number of pyridine rings is 1. The fourth-order valence-electron chi connectivity index (χ4n) is 0.862. The van der Waals surface area contributed by atoms with E-state index >= 15 is 0 Å². The third-order valence-corrected chi connectivity index (χ3v) is 1.44. The van der Waals surface area contributed by atoms with Gasteiger partial charge in [0.05, 0.1) is 5.69 Å². The average molecular weight is 173 g/mol. The minimum atomic E-state index is -0.0202. The fourth-order valence-corrected chi connectivity index (χ4v) is 0.862. The largest absolute Gasteiger partial charge is 0.290 e. The molecule has 1 aromatic heterocycles. The molecule has 0 aromatic carbocycles. The SMILES string of the molecule is C/C=C/C(=O)/C=C/c1ccccn1. The van der Waals surface area contributed by atoms with Gasteiger partial charge in [-0.15, -0.1) is 0 Å². The molecule has 0 spiro atoms. The van der Waals surface area contributed by atoms with Crippen LogP contribution in [0.5, 0.6) is 0 Å². The lowest BCUT2D eigenvalue weighted by Crippen LogP contribution is -1.84. The van der Waals surface area contributed by atoms with Crippen LogP contribution in [0.4, 0.5) is 0 Å². The number of rotatable bonds is 3. The van der Waals surface area contributed by atoms with Gasteiger partial charge in [-0.25, -0.2) is 0 Å². The number of hydrogen-bond donors (Lipinski definition) is 0. The molecule has 0 bridgehead atoms. The molecule has 0 saturated heterocycles. The number of aromatic nitrogens is 1. The fraction of sp³-hybridized carbons (Fsp3) is 0.0909. The summed E-state index contributed by atoms with van der Waals surface area (Å²) in [4.78, 5) is 15.1. The van der Waals surface area contributed by atoms with E-state index in [1.165, 1.54) is 12.2 Å². The van der Waals surface area contributed by atoms with Gasteiger partial charge in [-0.3, -0.25) is 9.78 Å². The summed E-state index contributed by atoms with van der Waals surface area (Å²) in [5.74, 6) is -0.0202. The lowest BCUT2D eigenvalue weighted by molar-refractivity contribution is -0.110. The molecule has 1 aromatic rings. The molecule has 1 rings (SSSR count). The maximum absolute atomic E-state index is 11.0. The lowest BCUT2D eigenvalue weighted by atomic mass is 10.3. The zero-order valence-corrected chi connectivity index (χ0v) is 7.47. The molecule has 13 heavy (non-hydrogen) atoms. The standard InChI is InChI=1S/C11H11NO/c1-2-5-11(13)8-7-10-6-3-4-9-12-10/h2-9H,1H3/b5-2+,8-7+. The molecule has 0 aliphatic carbocycles. The van der Waals surface area contributed by atoms with Gasteiger partial charge in [0.1, 0.15) is 0 Å². The van der Waals surface area contributed by atoms with Crippen LogP contribution in [-0.4, -0.2) is 10.8 Å². The summed E-state index contributed by atoms with van der Waals surface area (Å²) in [6, 6.07) is 5.57. The van der Waals surface area contributed by atoms with Gasteiger partial charge in [-0.1, -0.05) is 12.1 Å². The predicted molar refractivity (Wildman–Crippen MR) is 53.1 cm³/mol. The Morgan fingerprint density at radius 3 is 2.85 bits per heavy atom. The highest BCUT2D eigenvalue weighted by Gasteiger charge is 1.88. The summed E-state index contributed by atoms with van der Waals surface area (Å²) in [5.41, 5.74) is 0.792. The van der Waals surface area contributed by atoms with Crippen LogP contribution in [0.3, 0.4) is 0 Å². The van der Waals surface area contributed by atoms with Crippen molar-refractivity contribution in [1.29, 1.82) is 0 Å². The van der Waals surface area contributed by atoms with Gasteiger partial charge in [-0.2, -0.15) is 0 Å². The van der Waals surface area contributed by atoms with Crippen molar-refractivity contribution in [2.24, 2.45) is 0 Å². The third kappa shape index (κ3) is 3.47. The zero-order chi connectivity index (χ0) is 9.52. The number of allylic oxidation sites excluding steroid dienone is 3. The molecule has 1 heterocycles. The molecular weight excluding hydrogens is 162 g/mol. The van der Waals surface area contributed by atoms with Gasteiger partial charge in [0.2, 0.25) is 0 Å². The quantitative estimate of drug-likeness (QED) is 0.656. The van der Waals surface area contributed by atoms with E-state index in [4.69, 9.17) is 0 Å².